The summed E-state index contributed by atoms with van der Waals surface area (Å²) in [4.78, 5) is 0. The second-order valence-electron chi connectivity index (χ2n) is 4.68. The molecule has 0 spiro atoms. The monoisotopic (exact) mass is 305 g/mol. The lowest BCUT2D eigenvalue weighted by Gasteiger charge is -2.12. The van der Waals surface area contributed by atoms with Crippen molar-refractivity contribution in [2.45, 2.75) is 12.5 Å². The van der Waals surface area contributed by atoms with Crippen molar-refractivity contribution >= 4 is 28.7 Å². The first kappa shape index (κ1) is 13.4. The van der Waals surface area contributed by atoms with Crippen LogP contribution in [0.1, 0.15) is 17.2 Å². The van der Waals surface area contributed by atoms with Crippen LogP contribution in [0.3, 0.4) is 0 Å². The van der Waals surface area contributed by atoms with Crippen LogP contribution in [0.4, 0.5) is 0 Å². The predicted octanol–water partition coefficient (Wildman–Crippen LogP) is 3.88. The summed E-state index contributed by atoms with van der Waals surface area (Å²) in [5, 5.41) is 5.64. The van der Waals surface area contributed by atoms with Gasteiger partial charge in [-0.1, -0.05) is 29.3 Å². The summed E-state index contributed by atoms with van der Waals surface area (Å²) in [7, 11) is 0. The largest absolute Gasteiger partial charge is 0.324 e. The average Bonchev–Trinajstić information content (AvgIpc) is 2.87. The molecule has 0 saturated heterocycles. The maximum Gasteiger partial charge on any atom is 0.0709 e. The van der Waals surface area contributed by atoms with Gasteiger partial charge in [0.1, 0.15) is 0 Å². The highest BCUT2D eigenvalue weighted by Gasteiger charge is 2.14. The molecule has 2 N–H and O–H groups in total. The topological polar surface area (TPSA) is 43.3 Å². The number of pyridine rings is 1. The fraction of sp³-hybridized carbons (Fsp3) is 0.133. The lowest BCUT2D eigenvalue weighted by molar-refractivity contribution is 0.728. The van der Waals surface area contributed by atoms with Crippen molar-refractivity contribution < 1.29 is 0 Å². The molecule has 0 radical (unpaired) electrons. The fourth-order valence-electron chi connectivity index (χ4n) is 2.29. The minimum absolute atomic E-state index is 0.175. The summed E-state index contributed by atoms with van der Waals surface area (Å²) in [5.74, 6) is 0. The first-order valence-corrected chi connectivity index (χ1v) is 7.02. The highest BCUT2D eigenvalue weighted by atomic mass is 35.5. The number of halogens is 2. The van der Waals surface area contributed by atoms with Crippen LogP contribution >= 0.6 is 23.2 Å². The van der Waals surface area contributed by atoms with Gasteiger partial charge in [-0.15, -0.1) is 0 Å². The summed E-state index contributed by atoms with van der Waals surface area (Å²) in [6.07, 6.45) is 4.33. The van der Waals surface area contributed by atoms with Crippen molar-refractivity contribution in [3.63, 3.8) is 0 Å². The molecule has 0 saturated carbocycles. The zero-order chi connectivity index (χ0) is 14.1. The summed E-state index contributed by atoms with van der Waals surface area (Å²) in [5.41, 5.74) is 9.26. The minimum atomic E-state index is -0.175. The molecule has 20 heavy (non-hydrogen) atoms. The molecule has 3 rings (SSSR count). The number of hydrogen-bond donors (Lipinski definition) is 1. The molecule has 2 aromatic heterocycles. The van der Waals surface area contributed by atoms with Crippen molar-refractivity contribution in [2.24, 2.45) is 5.73 Å². The van der Waals surface area contributed by atoms with Crippen LogP contribution in [0.2, 0.25) is 10.0 Å². The molecule has 0 amide bonds. The van der Waals surface area contributed by atoms with Gasteiger partial charge < -0.3 is 5.73 Å². The van der Waals surface area contributed by atoms with E-state index in [1.165, 1.54) is 0 Å². The van der Waals surface area contributed by atoms with E-state index in [-0.39, 0.29) is 6.04 Å². The van der Waals surface area contributed by atoms with E-state index in [0.717, 1.165) is 16.6 Å². The van der Waals surface area contributed by atoms with Gasteiger partial charge >= 0.3 is 0 Å². The Morgan fingerprint density at radius 1 is 1.20 bits per heavy atom. The van der Waals surface area contributed by atoms with Crippen LogP contribution in [-0.2, 0) is 6.42 Å². The number of hydrogen-bond acceptors (Lipinski definition) is 2. The molecule has 0 aliphatic carbocycles. The van der Waals surface area contributed by atoms with E-state index in [1.54, 1.807) is 18.3 Å². The zero-order valence-corrected chi connectivity index (χ0v) is 12.1. The molecule has 1 unspecified atom stereocenters. The van der Waals surface area contributed by atoms with Crippen molar-refractivity contribution in [1.29, 1.82) is 0 Å². The third-order valence-corrected chi connectivity index (χ3v) is 3.91. The van der Waals surface area contributed by atoms with Crippen LogP contribution in [0.25, 0.3) is 5.52 Å². The van der Waals surface area contributed by atoms with Gasteiger partial charge in [-0.25, -0.2) is 4.52 Å². The maximum absolute atomic E-state index is 6.30. The van der Waals surface area contributed by atoms with Crippen molar-refractivity contribution in [1.82, 2.24) is 9.61 Å². The number of benzene rings is 1. The van der Waals surface area contributed by atoms with Gasteiger partial charge in [0.15, 0.2) is 0 Å². The first-order chi connectivity index (χ1) is 9.65. The molecule has 3 aromatic rings. The standard InChI is InChI=1S/C15H13Cl2N3/c16-11-4-5-13(17)10(7-11)8-14(18)12-9-19-20-6-2-1-3-15(12)20/h1-7,9,14H,8,18H2. The Kier molecular flexibility index (Phi) is 3.66. The number of rotatable bonds is 3. The third kappa shape index (κ3) is 2.52. The van der Waals surface area contributed by atoms with Crippen LogP contribution in [-0.4, -0.2) is 9.61 Å². The van der Waals surface area contributed by atoms with Crippen molar-refractivity contribution in [2.75, 3.05) is 0 Å². The summed E-state index contributed by atoms with van der Waals surface area (Å²) >= 11 is 12.2. The van der Waals surface area contributed by atoms with Crippen LogP contribution in [0.5, 0.6) is 0 Å². The Balaban J connectivity index is 1.93. The minimum Gasteiger partial charge on any atom is -0.324 e. The van der Waals surface area contributed by atoms with Gasteiger partial charge in [0.25, 0.3) is 0 Å². The SMILES string of the molecule is NC(Cc1cc(Cl)ccc1Cl)c1cnn2ccccc12. The number of nitrogens with two attached hydrogens (primary N) is 1. The van der Waals surface area contributed by atoms with Gasteiger partial charge in [-0.2, -0.15) is 5.10 Å². The van der Waals surface area contributed by atoms with Crippen molar-refractivity contribution in [3.05, 3.63) is 70.0 Å². The Morgan fingerprint density at radius 3 is 2.90 bits per heavy atom. The Labute approximate surface area is 126 Å². The molecule has 5 heteroatoms. The smallest absolute Gasteiger partial charge is 0.0709 e. The second kappa shape index (κ2) is 5.44. The molecule has 2 heterocycles. The highest BCUT2D eigenvalue weighted by Crippen LogP contribution is 2.26. The Bertz CT molecular complexity index is 752. The number of nitrogens with zero attached hydrogens (tertiary/aromatic N) is 2. The first-order valence-electron chi connectivity index (χ1n) is 6.27. The van der Waals surface area contributed by atoms with E-state index in [1.807, 2.05) is 35.0 Å². The van der Waals surface area contributed by atoms with Gasteiger partial charge in [0.2, 0.25) is 0 Å². The molecule has 0 fully saturated rings. The van der Waals surface area contributed by atoms with E-state index in [0.29, 0.717) is 16.5 Å². The summed E-state index contributed by atoms with van der Waals surface area (Å²) in [6, 6.07) is 11.2. The Morgan fingerprint density at radius 2 is 2.05 bits per heavy atom. The summed E-state index contributed by atoms with van der Waals surface area (Å²) < 4.78 is 1.81. The van der Waals surface area contributed by atoms with Gasteiger partial charge in [-0.05, 0) is 42.3 Å². The normalized spacial score (nSPS) is 12.8. The molecular weight excluding hydrogens is 293 g/mol. The molecule has 1 atom stereocenters. The van der Waals surface area contributed by atoms with Gasteiger partial charge in [-0.3, -0.25) is 0 Å². The molecule has 102 valence electrons. The van der Waals surface area contributed by atoms with E-state index in [9.17, 15) is 0 Å². The molecule has 0 bridgehead atoms. The van der Waals surface area contributed by atoms with Gasteiger partial charge in [0.05, 0.1) is 11.7 Å². The quantitative estimate of drug-likeness (QED) is 0.798. The third-order valence-electron chi connectivity index (χ3n) is 3.30. The fourth-order valence-corrected chi connectivity index (χ4v) is 2.68. The Hall–Kier alpha value is -1.55. The van der Waals surface area contributed by atoms with E-state index in [4.69, 9.17) is 28.9 Å². The van der Waals surface area contributed by atoms with E-state index < -0.39 is 0 Å². The molecule has 0 aliphatic rings. The lowest BCUT2D eigenvalue weighted by atomic mass is 10.0. The van der Waals surface area contributed by atoms with E-state index >= 15 is 0 Å². The predicted molar refractivity (Wildman–Crippen MR) is 82.3 cm³/mol. The molecule has 0 aliphatic heterocycles. The van der Waals surface area contributed by atoms with Crippen molar-refractivity contribution in [3.8, 4) is 0 Å². The second-order valence-corrected chi connectivity index (χ2v) is 5.52. The van der Waals surface area contributed by atoms with E-state index in [2.05, 4.69) is 5.10 Å². The molecule has 3 nitrogen and oxygen atoms in total. The lowest BCUT2D eigenvalue weighted by Crippen LogP contribution is -2.13. The van der Waals surface area contributed by atoms with Crippen LogP contribution < -0.4 is 5.73 Å². The van der Waals surface area contributed by atoms with Crippen LogP contribution in [0.15, 0.2) is 48.8 Å². The average molecular weight is 306 g/mol. The zero-order valence-electron chi connectivity index (χ0n) is 10.6. The number of fused-ring (bicyclic) bond motifs is 1. The highest BCUT2D eigenvalue weighted by molar-refractivity contribution is 6.33. The molecule has 1 aromatic carbocycles. The molecular formula is C15H13Cl2N3. The number of aromatic nitrogens is 2. The van der Waals surface area contributed by atoms with Crippen LogP contribution in [0, 0.1) is 0 Å². The summed E-state index contributed by atoms with van der Waals surface area (Å²) in [6.45, 7) is 0. The van der Waals surface area contributed by atoms with Gasteiger partial charge in [0, 0.05) is 27.8 Å². The maximum atomic E-state index is 6.30.